The molecule has 0 radical (unpaired) electrons. The normalized spacial score (nSPS) is 17.6. The Morgan fingerprint density at radius 2 is 1.29 bits per heavy atom. The van der Waals surface area contributed by atoms with Crippen molar-refractivity contribution in [2.75, 3.05) is 37.5 Å². The lowest BCUT2D eigenvalue weighted by Gasteiger charge is -2.23. The van der Waals surface area contributed by atoms with Crippen LogP contribution in [0, 0.1) is 27.0 Å². The molecule has 2 fully saturated rings. The molecule has 0 spiro atoms. The lowest BCUT2D eigenvalue weighted by molar-refractivity contribution is -0.193. The lowest BCUT2D eigenvalue weighted by Crippen LogP contribution is -2.32. The average molecular weight is 942 g/mol. The van der Waals surface area contributed by atoms with E-state index in [1.807, 2.05) is 32.0 Å². The van der Waals surface area contributed by atoms with Gasteiger partial charge in [-0.1, -0.05) is 44.0 Å². The van der Waals surface area contributed by atoms with Crippen LogP contribution in [0.3, 0.4) is 0 Å². The lowest BCUT2D eigenvalue weighted by atomic mass is 9.80. The molecule has 2 saturated heterocycles. The Morgan fingerprint density at radius 1 is 0.831 bits per heavy atom. The van der Waals surface area contributed by atoms with Crippen molar-refractivity contribution in [2.24, 2.45) is 11.5 Å². The molecule has 2 aromatic carbocycles. The van der Waals surface area contributed by atoms with E-state index in [1.54, 1.807) is 29.1 Å². The zero-order valence-electron chi connectivity index (χ0n) is 31.6. The highest BCUT2D eigenvalue weighted by atomic mass is 79.9. The molecule has 2 unspecified atom stereocenters. The third-order valence-corrected chi connectivity index (χ3v) is 10.3. The van der Waals surface area contributed by atoms with Crippen LogP contribution in [0.15, 0.2) is 57.7 Å². The first-order valence-electron chi connectivity index (χ1n) is 17.1. The fourth-order valence-electron chi connectivity index (χ4n) is 5.52. The summed E-state index contributed by atoms with van der Waals surface area (Å²) in [5.74, 6) is -0.723. The molecule has 0 aliphatic carbocycles. The molecule has 2 aliphatic heterocycles. The molecule has 59 heavy (non-hydrogen) atoms. The minimum absolute atomic E-state index is 0.0896. The molecule has 2 amide bonds. The van der Waals surface area contributed by atoms with Gasteiger partial charge in [0.25, 0.3) is 11.8 Å². The smallest absolute Gasteiger partial charge is 0.423 e. The van der Waals surface area contributed by atoms with Gasteiger partial charge >= 0.3 is 19.4 Å². The summed E-state index contributed by atoms with van der Waals surface area (Å²) in [6.45, 7) is 20.3. The van der Waals surface area contributed by atoms with Crippen LogP contribution in [0.2, 0.25) is 0 Å². The van der Waals surface area contributed by atoms with Gasteiger partial charge in [-0.3, -0.25) is 19.0 Å². The number of carbonyl (C=O) groups is 2. The Labute approximate surface area is 355 Å². The van der Waals surface area contributed by atoms with E-state index in [0.29, 0.717) is 50.5 Å². The molecular weight excluding hydrogens is 903 g/mol. The number of ether oxygens (including phenoxy) is 2. The van der Waals surface area contributed by atoms with E-state index in [-0.39, 0.29) is 53.4 Å². The third-order valence-electron chi connectivity index (χ3n) is 8.52. The molecule has 9 N–H and O–H groups in total. The highest BCUT2D eigenvalue weighted by Gasteiger charge is 2.35. The number of nitrogen functional groups attached to an aromatic ring is 1. The maximum atomic E-state index is 11.8. The zero-order valence-corrected chi connectivity index (χ0v) is 34.8. The molecule has 310 valence electrons. The maximum Gasteiger partial charge on any atom is 0.488 e. The second-order valence-electron chi connectivity index (χ2n) is 12.4. The van der Waals surface area contributed by atoms with Crippen LogP contribution >= 0.6 is 31.9 Å². The first kappa shape index (κ1) is 49.2. The third kappa shape index (κ3) is 14.7. The zero-order chi connectivity index (χ0) is 44.2. The summed E-state index contributed by atoms with van der Waals surface area (Å²) in [7, 11) is -1.37. The number of halogens is 2. The van der Waals surface area contributed by atoms with Crippen LogP contribution < -0.4 is 28.0 Å². The summed E-state index contributed by atoms with van der Waals surface area (Å²) in [5, 5.41) is 29.2. The number of rotatable bonds is 7. The summed E-state index contributed by atoms with van der Waals surface area (Å²) in [5.41, 5.74) is 20.1. The Balaban J connectivity index is 0.000000305. The van der Waals surface area contributed by atoms with Crippen LogP contribution in [0.1, 0.15) is 56.8 Å². The molecule has 4 heterocycles. The van der Waals surface area contributed by atoms with E-state index in [0.717, 1.165) is 25.8 Å². The molecule has 2 aliphatic rings. The van der Waals surface area contributed by atoms with Crippen LogP contribution in [-0.4, -0.2) is 99.4 Å². The SMILES string of the molecule is Cc1cc(B(O)O)ccc1Br.O=C=O.O=C=O.[C-]#[N+][C@H]1CCOCC1n1cc(C(N)=O)c(N)n1.[C-]#[N+][C@H]1CCOCC1n1cc(C(N)=O)c(Nc2ccc(Br)c(C)c2)n1. The quantitative estimate of drug-likeness (QED) is 0.114. The number of hydrogen-bond donors (Lipinski definition) is 6. The number of carbonyl (C=O) groups excluding carboxylic acids is 6. The van der Waals surface area contributed by atoms with Crippen molar-refractivity contribution in [3.05, 3.63) is 103 Å². The summed E-state index contributed by atoms with van der Waals surface area (Å²) < 4.78 is 15.9. The van der Waals surface area contributed by atoms with Crippen molar-refractivity contribution in [3.8, 4) is 0 Å². The molecule has 0 saturated carbocycles. The number of nitrogens with two attached hydrogens (primary N) is 3. The summed E-state index contributed by atoms with van der Waals surface area (Å²) in [4.78, 5) is 62.6. The van der Waals surface area contributed by atoms with Gasteiger partial charge in [-0.05, 0) is 54.7 Å². The number of aromatic nitrogens is 4. The Bertz CT molecular complexity index is 2200. The number of amides is 2. The minimum atomic E-state index is -1.37. The predicted molar refractivity (Wildman–Crippen MR) is 217 cm³/mol. The first-order valence-corrected chi connectivity index (χ1v) is 18.7. The summed E-state index contributed by atoms with van der Waals surface area (Å²) in [6, 6.07) is 10.1. The number of hydrogen-bond acceptors (Lipinski definition) is 14. The first-order chi connectivity index (χ1) is 28.1. The van der Waals surface area contributed by atoms with Gasteiger partial charge in [0.05, 0.1) is 26.4 Å². The standard InChI is InChI=1S/C17H18BrN5O2.C10H13N5O2.C7H8BBrO2.2CO2/c1-10-7-11(3-4-13(10)18)21-17-12(16(19)24)8-23(22-17)15-9-25-6-5-14(15)20-2;1-13-7-2-3-17-5-8(7)15-4-6(10(12)16)9(11)14-15;1-5-4-6(8(10)11)2-3-7(5)9;2*2-1-3/h3-4,7-8,14-15H,5-6,9H2,1H3,(H2,19,24)(H,21,22);4,7-8H,2-3,5H2,(H2,11,14)(H2,12,16);2-4,10-11H,1H3;;/t14-,15?;7-,8?;;;/m00.../s1. The van der Waals surface area contributed by atoms with Crippen LogP contribution in [-0.2, 0) is 28.7 Å². The molecule has 0 bridgehead atoms. The number of anilines is 3. The van der Waals surface area contributed by atoms with Crippen molar-refractivity contribution in [1.82, 2.24) is 19.6 Å². The molecule has 23 heteroatoms. The molecule has 4 atom stereocenters. The van der Waals surface area contributed by atoms with Crippen LogP contribution in [0.4, 0.5) is 17.3 Å². The monoisotopic (exact) mass is 940 g/mol. The van der Waals surface area contributed by atoms with Crippen molar-refractivity contribution in [1.29, 1.82) is 0 Å². The van der Waals surface area contributed by atoms with Gasteiger partial charge in [0.15, 0.2) is 11.6 Å². The average Bonchev–Trinajstić information content (AvgIpc) is 3.82. The van der Waals surface area contributed by atoms with Gasteiger partial charge in [-0.25, -0.2) is 13.1 Å². The summed E-state index contributed by atoms with van der Waals surface area (Å²) in [6.07, 6.45) is 4.87. The van der Waals surface area contributed by atoms with E-state index < -0.39 is 18.9 Å². The van der Waals surface area contributed by atoms with Crippen molar-refractivity contribution in [3.63, 3.8) is 0 Å². The molecular formula is C36H39BBr2N10O10. The number of aryl methyl sites for hydroxylation is 2. The Kier molecular flexibility index (Phi) is 20.6. The maximum absolute atomic E-state index is 11.8. The van der Waals surface area contributed by atoms with E-state index >= 15 is 0 Å². The van der Waals surface area contributed by atoms with Gasteiger partial charge in [0.1, 0.15) is 23.2 Å². The van der Waals surface area contributed by atoms with Crippen molar-refractivity contribution >= 4 is 85.9 Å². The van der Waals surface area contributed by atoms with E-state index in [4.69, 9.17) is 69.0 Å². The van der Waals surface area contributed by atoms with E-state index in [1.165, 1.54) is 10.9 Å². The summed E-state index contributed by atoms with van der Waals surface area (Å²) >= 11 is 6.77. The Hall–Kier alpha value is -6.00. The minimum Gasteiger partial charge on any atom is -0.423 e. The van der Waals surface area contributed by atoms with Crippen molar-refractivity contribution < 1.29 is 48.3 Å². The van der Waals surface area contributed by atoms with E-state index in [9.17, 15) is 9.59 Å². The second kappa shape index (κ2) is 24.7. The van der Waals surface area contributed by atoms with Gasteiger partial charge in [0, 0.05) is 39.9 Å². The molecule has 4 aromatic rings. The highest BCUT2D eigenvalue weighted by Crippen LogP contribution is 2.28. The largest absolute Gasteiger partial charge is 0.488 e. The number of nitrogens with one attached hydrogen (secondary N) is 1. The molecule has 2 aromatic heterocycles. The number of benzene rings is 2. The molecule has 6 rings (SSSR count). The van der Waals surface area contributed by atoms with Gasteiger partial charge in [-0.15, -0.1) is 0 Å². The Morgan fingerprint density at radius 3 is 1.71 bits per heavy atom. The molecule has 20 nitrogen and oxygen atoms in total. The van der Waals surface area contributed by atoms with Gasteiger partial charge in [-0.2, -0.15) is 29.4 Å². The second-order valence-corrected chi connectivity index (χ2v) is 14.1. The number of primary amides is 2. The number of nitrogens with zero attached hydrogens (tertiary/aromatic N) is 6. The van der Waals surface area contributed by atoms with Crippen molar-refractivity contribution in [2.45, 2.75) is 50.9 Å². The fourth-order valence-corrected chi connectivity index (χ4v) is 6.01. The fraction of sp³-hybridized carbons (Fsp3) is 0.333. The topological polar surface area (TPSA) is 296 Å². The van der Waals surface area contributed by atoms with Crippen LogP contribution in [0.5, 0.6) is 0 Å². The highest BCUT2D eigenvalue weighted by molar-refractivity contribution is 9.10. The van der Waals surface area contributed by atoms with E-state index in [2.05, 4.69) is 57.1 Å². The van der Waals surface area contributed by atoms with Gasteiger partial charge < -0.3 is 51.7 Å². The van der Waals surface area contributed by atoms with Crippen LogP contribution in [0.25, 0.3) is 9.69 Å². The van der Waals surface area contributed by atoms with Gasteiger partial charge in [0.2, 0.25) is 12.1 Å². The predicted octanol–water partition coefficient (Wildman–Crippen LogP) is 2.13.